The summed E-state index contributed by atoms with van der Waals surface area (Å²) in [7, 11) is 0. The molecular formula is C20H23BrN6. The third-order valence-electron chi connectivity index (χ3n) is 4.99. The molecule has 7 heteroatoms. The summed E-state index contributed by atoms with van der Waals surface area (Å²) in [5, 5.41) is 15.3. The Hall–Kier alpha value is -2.41. The molecule has 2 heterocycles. The monoisotopic (exact) mass is 426 g/mol. The largest absolute Gasteiger partial charge is 0.357 e. The number of guanidine groups is 1. The fourth-order valence-corrected chi connectivity index (χ4v) is 3.68. The van der Waals surface area contributed by atoms with Crippen molar-refractivity contribution in [1.82, 2.24) is 25.2 Å². The summed E-state index contributed by atoms with van der Waals surface area (Å²) in [6.45, 7) is 4.24. The van der Waals surface area contributed by atoms with Gasteiger partial charge in [0.05, 0.1) is 0 Å². The number of halogens is 1. The molecule has 0 saturated heterocycles. The van der Waals surface area contributed by atoms with E-state index in [1.807, 2.05) is 28.8 Å². The van der Waals surface area contributed by atoms with Crippen LogP contribution in [-0.2, 0) is 12.0 Å². The topological polar surface area (TPSA) is 66.6 Å². The van der Waals surface area contributed by atoms with Crippen LogP contribution in [0.25, 0.3) is 5.65 Å². The highest BCUT2D eigenvalue weighted by molar-refractivity contribution is 9.10. The molecule has 0 atom stereocenters. The second-order valence-electron chi connectivity index (χ2n) is 6.88. The maximum atomic E-state index is 4.71. The first-order valence-corrected chi connectivity index (χ1v) is 10.1. The summed E-state index contributed by atoms with van der Waals surface area (Å²) < 4.78 is 3.10. The SMILES string of the molecule is CCNC(=NCc1nnc2ccccn12)NCC1(c2cccc(Br)c2)CC1. The number of nitrogens with one attached hydrogen (secondary N) is 2. The number of hydrogen-bond acceptors (Lipinski definition) is 3. The lowest BCUT2D eigenvalue weighted by Gasteiger charge is -2.19. The van der Waals surface area contributed by atoms with Crippen molar-refractivity contribution >= 4 is 27.5 Å². The van der Waals surface area contributed by atoms with E-state index in [2.05, 4.69) is 68.0 Å². The molecule has 2 N–H and O–H groups in total. The van der Waals surface area contributed by atoms with Gasteiger partial charge in [-0.05, 0) is 49.6 Å². The highest BCUT2D eigenvalue weighted by Gasteiger charge is 2.44. The predicted molar refractivity (Wildman–Crippen MR) is 111 cm³/mol. The van der Waals surface area contributed by atoms with Crippen molar-refractivity contribution in [2.24, 2.45) is 4.99 Å². The van der Waals surface area contributed by atoms with Crippen molar-refractivity contribution in [2.45, 2.75) is 31.7 Å². The third-order valence-corrected chi connectivity index (χ3v) is 5.49. The van der Waals surface area contributed by atoms with Gasteiger partial charge in [-0.2, -0.15) is 0 Å². The highest BCUT2D eigenvalue weighted by Crippen LogP contribution is 2.48. The zero-order chi connectivity index (χ0) is 18.7. The summed E-state index contributed by atoms with van der Waals surface area (Å²) in [5.41, 5.74) is 2.43. The van der Waals surface area contributed by atoms with Crippen molar-refractivity contribution in [3.05, 3.63) is 64.5 Å². The van der Waals surface area contributed by atoms with Crippen molar-refractivity contribution in [3.8, 4) is 0 Å². The second-order valence-corrected chi connectivity index (χ2v) is 7.80. The van der Waals surface area contributed by atoms with Gasteiger partial charge in [0.2, 0.25) is 0 Å². The van der Waals surface area contributed by atoms with E-state index in [1.165, 1.54) is 18.4 Å². The van der Waals surface area contributed by atoms with Gasteiger partial charge in [0.25, 0.3) is 0 Å². The van der Waals surface area contributed by atoms with Crippen molar-refractivity contribution in [3.63, 3.8) is 0 Å². The van der Waals surface area contributed by atoms with E-state index in [0.29, 0.717) is 6.54 Å². The molecule has 1 saturated carbocycles. The number of pyridine rings is 1. The van der Waals surface area contributed by atoms with Crippen LogP contribution in [0.15, 0.2) is 58.1 Å². The van der Waals surface area contributed by atoms with E-state index in [0.717, 1.165) is 35.0 Å². The molecule has 0 unspecified atom stereocenters. The molecule has 2 aromatic heterocycles. The van der Waals surface area contributed by atoms with Gasteiger partial charge in [-0.25, -0.2) is 4.99 Å². The zero-order valence-electron chi connectivity index (χ0n) is 15.3. The molecule has 1 fully saturated rings. The Morgan fingerprint density at radius 3 is 2.85 bits per heavy atom. The van der Waals surface area contributed by atoms with E-state index >= 15 is 0 Å². The van der Waals surface area contributed by atoms with Gasteiger partial charge in [-0.1, -0.05) is 34.1 Å². The number of benzene rings is 1. The quantitative estimate of drug-likeness (QED) is 0.468. The van der Waals surface area contributed by atoms with Gasteiger partial charge >= 0.3 is 0 Å². The first-order chi connectivity index (χ1) is 13.2. The van der Waals surface area contributed by atoms with E-state index in [4.69, 9.17) is 4.99 Å². The van der Waals surface area contributed by atoms with Crippen molar-refractivity contribution < 1.29 is 0 Å². The molecule has 4 rings (SSSR count). The summed E-state index contributed by atoms with van der Waals surface area (Å²) in [4.78, 5) is 4.71. The Morgan fingerprint density at radius 1 is 1.19 bits per heavy atom. The highest BCUT2D eigenvalue weighted by atomic mass is 79.9. The molecule has 0 radical (unpaired) electrons. The van der Waals surface area contributed by atoms with Gasteiger partial charge in [-0.15, -0.1) is 10.2 Å². The third kappa shape index (κ3) is 3.98. The molecule has 0 bridgehead atoms. The Bertz CT molecular complexity index is 960. The van der Waals surface area contributed by atoms with Crippen LogP contribution in [0.5, 0.6) is 0 Å². The van der Waals surface area contributed by atoms with Gasteiger partial charge in [0.15, 0.2) is 17.4 Å². The lowest BCUT2D eigenvalue weighted by molar-refractivity contribution is 0.645. The molecule has 27 heavy (non-hydrogen) atoms. The van der Waals surface area contributed by atoms with Crippen molar-refractivity contribution in [1.29, 1.82) is 0 Å². The number of aliphatic imine (C=N–C) groups is 1. The van der Waals surface area contributed by atoms with Crippen LogP contribution in [0.4, 0.5) is 0 Å². The van der Waals surface area contributed by atoms with Crippen LogP contribution in [0.2, 0.25) is 0 Å². The minimum Gasteiger partial charge on any atom is -0.357 e. The molecule has 0 amide bonds. The van der Waals surface area contributed by atoms with Crippen molar-refractivity contribution in [2.75, 3.05) is 13.1 Å². The lowest BCUT2D eigenvalue weighted by Crippen LogP contribution is -2.41. The molecule has 140 valence electrons. The molecule has 0 aliphatic heterocycles. The summed E-state index contributed by atoms with van der Waals surface area (Å²) >= 11 is 3.58. The number of nitrogens with zero attached hydrogens (tertiary/aromatic N) is 4. The van der Waals surface area contributed by atoms with E-state index < -0.39 is 0 Å². The molecule has 1 aliphatic carbocycles. The van der Waals surface area contributed by atoms with Crippen LogP contribution >= 0.6 is 15.9 Å². The van der Waals surface area contributed by atoms with Gasteiger partial charge in [0, 0.05) is 29.2 Å². The second kappa shape index (κ2) is 7.68. The summed E-state index contributed by atoms with van der Waals surface area (Å²) in [5.74, 6) is 1.64. The average Bonchev–Trinajstić information content (AvgIpc) is 3.37. The lowest BCUT2D eigenvalue weighted by atomic mass is 9.96. The summed E-state index contributed by atoms with van der Waals surface area (Å²) in [6.07, 6.45) is 4.36. The van der Waals surface area contributed by atoms with Crippen LogP contribution in [0.3, 0.4) is 0 Å². The maximum absolute atomic E-state index is 4.71. The number of aromatic nitrogens is 3. The smallest absolute Gasteiger partial charge is 0.191 e. The molecule has 0 spiro atoms. The Morgan fingerprint density at radius 2 is 2.07 bits per heavy atom. The molecule has 1 aliphatic rings. The predicted octanol–water partition coefficient (Wildman–Crippen LogP) is 3.28. The van der Waals surface area contributed by atoms with Crippen LogP contribution in [0, 0.1) is 0 Å². The van der Waals surface area contributed by atoms with Crippen LogP contribution < -0.4 is 10.6 Å². The van der Waals surface area contributed by atoms with Gasteiger partial charge in [0.1, 0.15) is 6.54 Å². The average molecular weight is 427 g/mol. The normalized spacial score (nSPS) is 15.7. The first-order valence-electron chi connectivity index (χ1n) is 9.27. The number of fused-ring (bicyclic) bond motifs is 1. The summed E-state index contributed by atoms with van der Waals surface area (Å²) in [6, 6.07) is 14.5. The first kappa shape index (κ1) is 18.0. The molecule has 3 aromatic rings. The Labute approximate surface area is 167 Å². The fraction of sp³-hybridized carbons (Fsp3) is 0.350. The molecule has 1 aromatic carbocycles. The van der Waals surface area contributed by atoms with Crippen LogP contribution in [-0.4, -0.2) is 33.6 Å². The molecular weight excluding hydrogens is 404 g/mol. The van der Waals surface area contributed by atoms with E-state index in [-0.39, 0.29) is 5.41 Å². The number of rotatable bonds is 6. The minimum absolute atomic E-state index is 0.210. The maximum Gasteiger partial charge on any atom is 0.191 e. The number of hydrogen-bond donors (Lipinski definition) is 2. The van der Waals surface area contributed by atoms with Crippen LogP contribution in [0.1, 0.15) is 31.2 Å². The van der Waals surface area contributed by atoms with Gasteiger partial charge in [-0.3, -0.25) is 4.40 Å². The zero-order valence-corrected chi connectivity index (χ0v) is 16.9. The van der Waals surface area contributed by atoms with Gasteiger partial charge < -0.3 is 10.6 Å². The Kier molecular flexibility index (Phi) is 5.11. The fourth-order valence-electron chi connectivity index (χ4n) is 3.28. The minimum atomic E-state index is 0.210. The van der Waals surface area contributed by atoms with E-state index in [1.54, 1.807) is 0 Å². The molecule has 6 nitrogen and oxygen atoms in total. The van der Waals surface area contributed by atoms with E-state index in [9.17, 15) is 0 Å². The standard InChI is InChI=1S/C20H23BrN6/c1-2-22-19(23-13-18-26-25-17-8-3-4-11-27(17)18)24-14-20(9-10-20)15-6-5-7-16(21)12-15/h3-8,11-12H,2,9-10,13-14H2,1H3,(H2,22,23,24). The Balaban J connectivity index is 1.46.